The molecule has 0 bridgehead atoms. The first kappa shape index (κ1) is 10.2. The predicted molar refractivity (Wildman–Crippen MR) is 63.0 cm³/mol. The van der Waals surface area contributed by atoms with Gasteiger partial charge in [0.25, 0.3) is 0 Å². The molecule has 15 heavy (non-hydrogen) atoms. The Morgan fingerprint density at radius 1 is 1.27 bits per heavy atom. The van der Waals surface area contributed by atoms with Gasteiger partial charge < -0.3 is 9.73 Å². The lowest BCUT2D eigenvalue weighted by molar-refractivity contribution is 0.531. The Hall–Kier alpha value is -1.28. The van der Waals surface area contributed by atoms with Crippen LogP contribution in [-0.4, -0.2) is 7.05 Å². The van der Waals surface area contributed by atoms with Gasteiger partial charge in [-0.25, -0.2) is 0 Å². The van der Waals surface area contributed by atoms with E-state index in [1.54, 1.807) is 0 Å². The van der Waals surface area contributed by atoms with Gasteiger partial charge in [-0.15, -0.1) is 0 Å². The van der Waals surface area contributed by atoms with Crippen LogP contribution in [0.5, 0.6) is 0 Å². The van der Waals surface area contributed by atoms with Gasteiger partial charge in [-0.05, 0) is 37.2 Å². The van der Waals surface area contributed by atoms with E-state index in [2.05, 4.69) is 36.5 Å². The Labute approximate surface area is 90.3 Å². The molecule has 0 aliphatic rings. The van der Waals surface area contributed by atoms with Crippen LogP contribution in [0.4, 0.5) is 0 Å². The number of furan rings is 1. The molecule has 0 amide bonds. The molecule has 2 nitrogen and oxygen atoms in total. The van der Waals surface area contributed by atoms with Crippen LogP contribution in [0.3, 0.4) is 0 Å². The van der Waals surface area contributed by atoms with E-state index in [0.717, 1.165) is 24.3 Å². The molecule has 0 saturated heterocycles. The van der Waals surface area contributed by atoms with Crippen LogP contribution in [0.15, 0.2) is 28.7 Å². The van der Waals surface area contributed by atoms with E-state index in [9.17, 15) is 0 Å². The summed E-state index contributed by atoms with van der Waals surface area (Å²) < 4.78 is 5.68. The van der Waals surface area contributed by atoms with Crippen LogP contribution in [-0.2, 0) is 13.0 Å². The Bertz CT molecular complexity index is 441. The molecule has 1 aromatic heterocycles. The Balaban J connectivity index is 2.34. The van der Waals surface area contributed by atoms with E-state index in [1.165, 1.54) is 17.4 Å². The van der Waals surface area contributed by atoms with Crippen molar-refractivity contribution in [2.75, 3.05) is 7.05 Å². The second kappa shape index (κ2) is 4.49. The molecule has 2 heteroatoms. The van der Waals surface area contributed by atoms with Crippen LogP contribution in [0, 0.1) is 0 Å². The van der Waals surface area contributed by atoms with E-state index in [0.29, 0.717) is 0 Å². The van der Waals surface area contributed by atoms with Crippen LogP contribution >= 0.6 is 0 Å². The van der Waals surface area contributed by atoms with E-state index in [-0.39, 0.29) is 0 Å². The molecular formula is C13H17NO. The maximum absolute atomic E-state index is 5.68. The molecule has 1 aromatic carbocycles. The van der Waals surface area contributed by atoms with Gasteiger partial charge >= 0.3 is 0 Å². The molecule has 0 aliphatic heterocycles. The molecule has 0 atom stereocenters. The minimum Gasteiger partial charge on any atom is -0.460 e. The van der Waals surface area contributed by atoms with Gasteiger partial charge in [-0.2, -0.15) is 0 Å². The van der Waals surface area contributed by atoms with Gasteiger partial charge in [0.05, 0.1) is 6.54 Å². The first-order chi connectivity index (χ1) is 7.33. The van der Waals surface area contributed by atoms with E-state index >= 15 is 0 Å². The summed E-state index contributed by atoms with van der Waals surface area (Å²) in [5.74, 6) is 1.00. The number of fused-ring (bicyclic) bond motifs is 1. The molecule has 2 aromatic rings. The van der Waals surface area contributed by atoms with Crippen LogP contribution in [0.1, 0.15) is 24.7 Å². The highest BCUT2D eigenvalue weighted by atomic mass is 16.3. The molecule has 0 aliphatic carbocycles. The quantitative estimate of drug-likeness (QED) is 0.826. The van der Waals surface area contributed by atoms with Crippen LogP contribution < -0.4 is 5.32 Å². The van der Waals surface area contributed by atoms with Crippen molar-refractivity contribution in [3.8, 4) is 0 Å². The van der Waals surface area contributed by atoms with Crippen molar-refractivity contribution in [1.29, 1.82) is 0 Å². The fourth-order valence-corrected chi connectivity index (χ4v) is 1.85. The maximum Gasteiger partial charge on any atom is 0.134 e. The summed E-state index contributed by atoms with van der Waals surface area (Å²) in [6, 6.07) is 8.56. The topological polar surface area (TPSA) is 25.2 Å². The smallest absolute Gasteiger partial charge is 0.134 e. The van der Waals surface area contributed by atoms with Crippen molar-refractivity contribution in [3.05, 3.63) is 35.6 Å². The molecule has 0 unspecified atom stereocenters. The zero-order valence-corrected chi connectivity index (χ0v) is 9.34. The number of aryl methyl sites for hydroxylation is 1. The minimum absolute atomic E-state index is 0.789. The van der Waals surface area contributed by atoms with Gasteiger partial charge in [0.1, 0.15) is 11.3 Å². The van der Waals surface area contributed by atoms with Gasteiger partial charge in [0.2, 0.25) is 0 Å². The fourth-order valence-electron chi connectivity index (χ4n) is 1.85. The van der Waals surface area contributed by atoms with Gasteiger partial charge in [0, 0.05) is 5.39 Å². The monoisotopic (exact) mass is 203 g/mol. The summed E-state index contributed by atoms with van der Waals surface area (Å²) in [7, 11) is 1.93. The van der Waals surface area contributed by atoms with E-state index in [1.807, 2.05) is 7.05 Å². The molecule has 1 heterocycles. The Kier molecular flexibility index (Phi) is 3.07. The van der Waals surface area contributed by atoms with Crippen molar-refractivity contribution < 1.29 is 4.42 Å². The molecule has 0 spiro atoms. The summed E-state index contributed by atoms with van der Waals surface area (Å²) in [5, 5.41) is 4.31. The lowest BCUT2D eigenvalue weighted by Crippen LogP contribution is -2.03. The summed E-state index contributed by atoms with van der Waals surface area (Å²) in [6.45, 7) is 2.99. The molecule has 0 radical (unpaired) electrons. The number of benzene rings is 1. The SMILES string of the molecule is CCCc1ccc2oc(CNC)cc2c1. The van der Waals surface area contributed by atoms with Crippen LogP contribution in [0.25, 0.3) is 11.0 Å². The third kappa shape index (κ3) is 2.21. The Morgan fingerprint density at radius 2 is 2.13 bits per heavy atom. The lowest BCUT2D eigenvalue weighted by Gasteiger charge is -1.96. The summed E-state index contributed by atoms with van der Waals surface area (Å²) in [6.07, 6.45) is 2.33. The van der Waals surface area contributed by atoms with Crippen molar-refractivity contribution in [2.24, 2.45) is 0 Å². The fraction of sp³-hybridized carbons (Fsp3) is 0.385. The van der Waals surface area contributed by atoms with Crippen LogP contribution in [0.2, 0.25) is 0 Å². The summed E-state index contributed by atoms with van der Waals surface area (Å²) in [5.41, 5.74) is 2.38. The zero-order chi connectivity index (χ0) is 10.7. The van der Waals surface area contributed by atoms with Gasteiger partial charge in [-0.1, -0.05) is 19.4 Å². The number of hydrogen-bond donors (Lipinski definition) is 1. The Morgan fingerprint density at radius 3 is 2.87 bits per heavy atom. The van der Waals surface area contributed by atoms with Crippen molar-refractivity contribution in [2.45, 2.75) is 26.3 Å². The highest BCUT2D eigenvalue weighted by Gasteiger charge is 2.03. The van der Waals surface area contributed by atoms with E-state index in [4.69, 9.17) is 4.42 Å². The standard InChI is InChI=1S/C13H17NO/c1-3-4-10-5-6-13-11(7-10)8-12(15-13)9-14-2/h5-8,14H,3-4,9H2,1-2H3. The average molecular weight is 203 g/mol. The third-order valence-corrected chi connectivity index (χ3v) is 2.52. The summed E-state index contributed by atoms with van der Waals surface area (Å²) in [4.78, 5) is 0. The maximum atomic E-state index is 5.68. The third-order valence-electron chi connectivity index (χ3n) is 2.52. The second-order valence-electron chi connectivity index (χ2n) is 3.87. The molecule has 0 saturated carbocycles. The first-order valence-electron chi connectivity index (χ1n) is 5.49. The normalized spacial score (nSPS) is 11.1. The minimum atomic E-state index is 0.789. The van der Waals surface area contributed by atoms with E-state index < -0.39 is 0 Å². The second-order valence-corrected chi connectivity index (χ2v) is 3.87. The number of rotatable bonds is 4. The van der Waals surface area contributed by atoms with Gasteiger partial charge in [0.15, 0.2) is 0 Å². The van der Waals surface area contributed by atoms with Crippen molar-refractivity contribution >= 4 is 11.0 Å². The number of nitrogens with one attached hydrogen (secondary N) is 1. The zero-order valence-electron chi connectivity index (χ0n) is 9.34. The lowest BCUT2D eigenvalue weighted by atomic mass is 10.1. The molecule has 2 rings (SSSR count). The first-order valence-corrected chi connectivity index (χ1v) is 5.49. The summed E-state index contributed by atoms with van der Waals surface area (Å²) >= 11 is 0. The largest absolute Gasteiger partial charge is 0.460 e. The molecular weight excluding hydrogens is 186 g/mol. The van der Waals surface area contributed by atoms with Gasteiger partial charge in [-0.3, -0.25) is 0 Å². The van der Waals surface area contributed by atoms with Crippen molar-refractivity contribution in [1.82, 2.24) is 5.32 Å². The number of hydrogen-bond acceptors (Lipinski definition) is 2. The highest BCUT2D eigenvalue weighted by molar-refractivity contribution is 5.78. The molecule has 80 valence electrons. The average Bonchev–Trinajstić information content (AvgIpc) is 2.60. The molecule has 0 fully saturated rings. The highest BCUT2D eigenvalue weighted by Crippen LogP contribution is 2.21. The predicted octanol–water partition coefficient (Wildman–Crippen LogP) is 3.10. The molecule has 1 N–H and O–H groups in total. The van der Waals surface area contributed by atoms with Crippen molar-refractivity contribution in [3.63, 3.8) is 0 Å².